The predicted molar refractivity (Wildman–Crippen MR) is 84.2 cm³/mol. The van der Waals surface area contributed by atoms with Gasteiger partial charge in [0.2, 0.25) is 5.95 Å². The Kier molecular flexibility index (Phi) is 8.75. The van der Waals surface area contributed by atoms with Crippen molar-refractivity contribution in [1.82, 2.24) is 9.55 Å². The molecular formula is C14H27N3OS. The third kappa shape index (κ3) is 6.34. The van der Waals surface area contributed by atoms with E-state index in [1.807, 2.05) is 24.9 Å². The molecule has 1 aromatic heterocycles. The van der Waals surface area contributed by atoms with Crippen molar-refractivity contribution in [3.63, 3.8) is 0 Å². The molecule has 0 spiro atoms. The topological polar surface area (TPSA) is 39.1 Å². The molecule has 1 unspecified atom stereocenters. The van der Waals surface area contributed by atoms with Crippen molar-refractivity contribution in [3.8, 4) is 0 Å². The second kappa shape index (κ2) is 10.1. The Bertz CT molecular complexity index is 330. The van der Waals surface area contributed by atoms with Crippen molar-refractivity contribution in [1.29, 1.82) is 0 Å². The highest BCUT2D eigenvalue weighted by Gasteiger charge is 2.09. The summed E-state index contributed by atoms with van der Waals surface area (Å²) in [5.74, 6) is 3.38. The molecule has 0 aliphatic carbocycles. The third-order valence-electron chi connectivity index (χ3n) is 2.98. The fraction of sp³-hybridized carbons (Fsp3) is 0.786. The Balaban J connectivity index is 2.32. The molecule has 0 radical (unpaired) electrons. The van der Waals surface area contributed by atoms with Gasteiger partial charge in [-0.1, -0.05) is 6.92 Å². The van der Waals surface area contributed by atoms with Crippen molar-refractivity contribution in [2.45, 2.75) is 39.7 Å². The first-order valence-electron chi connectivity index (χ1n) is 7.21. The van der Waals surface area contributed by atoms with Gasteiger partial charge < -0.3 is 14.6 Å². The molecule has 1 N–H and O–H groups in total. The average molecular weight is 285 g/mol. The molecule has 0 aliphatic heterocycles. The van der Waals surface area contributed by atoms with Crippen LogP contribution in [0.1, 0.15) is 39.7 Å². The van der Waals surface area contributed by atoms with Gasteiger partial charge in [-0.25, -0.2) is 4.98 Å². The van der Waals surface area contributed by atoms with Crippen LogP contribution in [-0.2, 0) is 4.74 Å². The fourth-order valence-electron chi connectivity index (χ4n) is 1.86. The van der Waals surface area contributed by atoms with Crippen molar-refractivity contribution in [2.75, 3.05) is 36.6 Å². The molecule has 0 aliphatic rings. The van der Waals surface area contributed by atoms with Crippen LogP contribution in [0, 0.1) is 0 Å². The SMILES string of the molecule is CCOCCCNc1nccn1C(C)CCSCC. The summed E-state index contributed by atoms with van der Waals surface area (Å²) in [4.78, 5) is 4.39. The molecule has 1 heterocycles. The number of ether oxygens (including phenoxy) is 1. The lowest BCUT2D eigenvalue weighted by Gasteiger charge is -2.16. The number of hydrogen-bond donors (Lipinski definition) is 1. The Labute approximate surface area is 121 Å². The van der Waals surface area contributed by atoms with E-state index >= 15 is 0 Å². The molecule has 1 rings (SSSR count). The molecule has 5 heteroatoms. The van der Waals surface area contributed by atoms with Crippen molar-refractivity contribution in [3.05, 3.63) is 12.4 Å². The highest BCUT2D eigenvalue weighted by molar-refractivity contribution is 7.99. The van der Waals surface area contributed by atoms with Crippen LogP contribution >= 0.6 is 11.8 Å². The normalized spacial score (nSPS) is 12.6. The average Bonchev–Trinajstić information content (AvgIpc) is 2.87. The Morgan fingerprint density at radius 2 is 2.32 bits per heavy atom. The number of nitrogens with zero attached hydrogens (tertiary/aromatic N) is 2. The summed E-state index contributed by atoms with van der Waals surface area (Å²) in [6.07, 6.45) is 6.13. The van der Waals surface area contributed by atoms with E-state index in [1.165, 1.54) is 17.9 Å². The molecule has 0 saturated heterocycles. The zero-order valence-electron chi connectivity index (χ0n) is 12.4. The second-order valence-electron chi connectivity index (χ2n) is 4.47. The molecule has 0 amide bonds. The minimum Gasteiger partial charge on any atom is -0.382 e. The van der Waals surface area contributed by atoms with Crippen LogP contribution in [-0.4, -0.2) is 40.8 Å². The van der Waals surface area contributed by atoms with E-state index in [0.29, 0.717) is 6.04 Å². The molecule has 1 atom stereocenters. The number of thioether (sulfide) groups is 1. The predicted octanol–water partition coefficient (Wildman–Crippen LogP) is 3.43. The van der Waals surface area contributed by atoms with E-state index in [9.17, 15) is 0 Å². The molecular weight excluding hydrogens is 258 g/mol. The summed E-state index contributed by atoms with van der Waals surface area (Å²) in [6.45, 7) is 9.00. The first-order chi connectivity index (χ1) is 9.29. The van der Waals surface area contributed by atoms with E-state index in [1.54, 1.807) is 0 Å². The van der Waals surface area contributed by atoms with Gasteiger partial charge in [0.05, 0.1) is 0 Å². The molecule has 0 bridgehead atoms. The monoisotopic (exact) mass is 285 g/mol. The zero-order chi connectivity index (χ0) is 13.9. The van der Waals surface area contributed by atoms with Crippen LogP contribution in [0.3, 0.4) is 0 Å². The first-order valence-corrected chi connectivity index (χ1v) is 8.37. The van der Waals surface area contributed by atoms with E-state index in [0.717, 1.165) is 32.1 Å². The number of hydrogen-bond acceptors (Lipinski definition) is 4. The molecule has 19 heavy (non-hydrogen) atoms. The van der Waals surface area contributed by atoms with Crippen molar-refractivity contribution >= 4 is 17.7 Å². The maximum Gasteiger partial charge on any atom is 0.203 e. The molecule has 0 fully saturated rings. The minimum atomic E-state index is 0.496. The van der Waals surface area contributed by atoms with Crippen LogP contribution in [0.2, 0.25) is 0 Å². The van der Waals surface area contributed by atoms with Gasteiger partial charge in [0.1, 0.15) is 0 Å². The highest BCUT2D eigenvalue weighted by Crippen LogP contribution is 2.18. The lowest BCUT2D eigenvalue weighted by molar-refractivity contribution is 0.147. The molecule has 110 valence electrons. The van der Waals surface area contributed by atoms with Crippen molar-refractivity contribution in [2.24, 2.45) is 0 Å². The summed E-state index contributed by atoms with van der Waals surface area (Å²) >= 11 is 2.00. The zero-order valence-corrected chi connectivity index (χ0v) is 13.2. The summed E-state index contributed by atoms with van der Waals surface area (Å²) in [7, 11) is 0. The lowest BCUT2D eigenvalue weighted by Crippen LogP contribution is -2.13. The van der Waals surface area contributed by atoms with Crippen molar-refractivity contribution < 1.29 is 4.74 Å². The van der Waals surface area contributed by atoms with Gasteiger partial charge in [-0.15, -0.1) is 0 Å². The molecule has 0 saturated carbocycles. The second-order valence-corrected chi connectivity index (χ2v) is 5.86. The van der Waals surface area contributed by atoms with Crippen LogP contribution in [0.5, 0.6) is 0 Å². The van der Waals surface area contributed by atoms with Gasteiger partial charge >= 0.3 is 0 Å². The molecule has 0 aromatic carbocycles. The van der Waals surface area contributed by atoms with Gasteiger partial charge in [-0.3, -0.25) is 0 Å². The fourth-order valence-corrected chi connectivity index (χ4v) is 2.66. The minimum absolute atomic E-state index is 0.496. The van der Waals surface area contributed by atoms with Crippen LogP contribution in [0.25, 0.3) is 0 Å². The Hall–Kier alpha value is -0.680. The maximum absolute atomic E-state index is 5.33. The maximum atomic E-state index is 5.33. The van der Waals surface area contributed by atoms with Gasteiger partial charge in [0.15, 0.2) is 0 Å². The van der Waals surface area contributed by atoms with Crippen LogP contribution < -0.4 is 5.32 Å². The molecule has 4 nitrogen and oxygen atoms in total. The molecule has 1 aromatic rings. The smallest absolute Gasteiger partial charge is 0.203 e. The lowest BCUT2D eigenvalue weighted by atomic mass is 10.2. The third-order valence-corrected chi connectivity index (χ3v) is 3.91. The largest absolute Gasteiger partial charge is 0.382 e. The first kappa shape index (κ1) is 16.4. The highest BCUT2D eigenvalue weighted by atomic mass is 32.2. The summed E-state index contributed by atoms with van der Waals surface area (Å²) in [5, 5.41) is 3.39. The Morgan fingerprint density at radius 3 is 3.05 bits per heavy atom. The summed E-state index contributed by atoms with van der Waals surface area (Å²) < 4.78 is 7.56. The van der Waals surface area contributed by atoms with Gasteiger partial charge in [-0.05, 0) is 38.2 Å². The number of aromatic nitrogens is 2. The summed E-state index contributed by atoms with van der Waals surface area (Å²) in [5.41, 5.74) is 0. The quantitative estimate of drug-likeness (QED) is 0.632. The standard InChI is InChI=1S/C14H27N3OS/c1-4-18-11-6-8-15-14-16-9-10-17(14)13(3)7-12-19-5-2/h9-10,13H,4-8,11-12H2,1-3H3,(H,15,16). The number of anilines is 1. The van der Waals surface area contributed by atoms with Crippen LogP contribution in [0.4, 0.5) is 5.95 Å². The van der Waals surface area contributed by atoms with Gasteiger partial charge in [0.25, 0.3) is 0 Å². The van der Waals surface area contributed by atoms with E-state index in [-0.39, 0.29) is 0 Å². The van der Waals surface area contributed by atoms with Gasteiger partial charge in [-0.2, -0.15) is 11.8 Å². The van der Waals surface area contributed by atoms with Gasteiger partial charge in [0, 0.05) is 38.2 Å². The van der Waals surface area contributed by atoms with E-state index in [4.69, 9.17) is 4.74 Å². The van der Waals surface area contributed by atoms with E-state index < -0.39 is 0 Å². The number of rotatable bonds is 11. The Morgan fingerprint density at radius 1 is 1.47 bits per heavy atom. The number of nitrogens with one attached hydrogen (secondary N) is 1. The van der Waals surface area contributed by atoms with Crippen LogP contribution in [0.15, 0.2) is 12.4 Å². The number of imidazole rings is 1. The summed E-state index contributed by atoms with van der Waals surface area (Å²) in [6, 6.07) is 0.496. The van der Waals surface area contributed by atoms with E-state index in [2.05, 4.69) is 34.9 Å².